The molecule has 0 aromatic heterocycles. The Morgan fingerprint density at radius 1 is 1.04 bits per heavy atom. The van der Waals surface area contributed by atoms with Crippen LogP contribution in [-0.2, 0) is 16.6 Å². The van der Waals surface area contributed by atoms with Gasteiger partial charge in [0.25, 0.3) is 0 Å². The highest BCUT2D eigenvalue weighted by atomic mass is 19.2. The number of hydrogen-bond acceptors (Lipinski definition) is 1. The molecular formula is C21H21F2NO. The van der Waals surface area contributed by atoms with Gasteiger partial charge in [-0.15, -0.1) is 0 Å². The third-order valence-corrected chi connectivity index (χ3v) is 6.12. The van der Waals surface area contributed by atoms with Gasteiger partial charge in [0.15, 0.2) is 11.6 Å². The number of hydrogen-bond donors (Lipinski definition) is 0. The number of amides is 1. The van der Waals surface area contributed by atoms with Gasteiger partial charge in [-0.2, -0.15) is 0 Å². The van der Waals surface area contributed by atoms with Gasteiger partial charge < -0.3 is 4.90 Å². The molecule has 2 atom stereocenters. The van der Waals surface area contributed by atoms with Gasteiger partial charge in [0.05, 0.1) is 0 Å². The van der Waals surface area contributed by atoms with Crippen LogP contribution in [0.25, 0.3) is 11.1 Å². The molecule has 1 unspecified atom stereocenters. The first-order chi connectivity index (χ1) is 11.9. The Hall–Kier alpha value is -2.23. The smallest absolute Gasteiger partial charge is 0.222 e. The van der Waals surface area contributed by atoms with Crippen molar-refractivity contribution in [1.82, 2.24) is 4.90 Å². The molecule has 1 aliphatic heterocycles. The number of likely N-dealkylation sites (N-methyl/N-ethyl adjacent to an activating group) is 1. The highest BCUT2D eigenvalue weighted by molar-refractivity contribution is 5.78. The Kier molecular flexibility index (Phi) is 3.67. The van der Waals surface area contributed by atoms with Gasteiger partial charge in [-0.05, 0) is 53.6 Å². The van der Waals surface area contributed by atoms with Gasteiger partial charge in [0.1, 0.15) is 0 Å². The lowest BCUT2D eigenvalue weighted by Crippen LogP contribution is -2.56. The molecule has 25 heavy (non-hydrogen) atoms. The van der Waals surface area contributed by atoms with E-state index in [1.54, 1.807) is 6.07 Å². The number of likely N-dealkylation sites (tertiary alicyclic amines) is 1. The second-order valence-electron chi connectivity index (χ2n) is 7.48. The van der Waals surface area contributed by atoms with Crippen LogP contribution in [0.4, 0.5) is 8.78 Å². The van der Waals surface area contributed by atoms with E-state index >= 15 is 0 Å². The largest absolute Gasteiger partial charge is 0.342 e. The van der Waals surface area contributed by atoms with Crippen LogP contribution in [0.15, 0.2) is 36.4 Å². The predicted molar refractivity (Wildman–Crippen MR) is 93.3 cm³/mol. The van der Waals surface area contributed by atoms with Crippen molar-refractivity contribution in [2.24, 2.45) is 0 Å². The lowest BCUT2D eigenvalue weighted by molar-refractivity contribution is -0.138. The second kappa shape index (κ2) is 5.65. The van der Waals surface area contributed by atoms with E-state index in [9.17, 15) is 13.6 Å². The molecule has 0 spiro atoms. The SMILES string of the molecule is CN1C(=O)CC[C@]2(C)c3ccc(-c4ccc(F)c(F)c4)cc3CCC12. The number of aryl methyl sites for hydroxylation is 1. The van der Waals surface area contributed by atoms with Crippen LogP contribution in [0.1, 0.15) is 37.3 Å². The van der Waals surface area contributed by atoms with Gasteiger partial charge in [-0.25, -0.2) is 8.78 Å². The van der Waals surface area contributed by atoms with Gasteiger partial charge in [-0.1, -0.05) is 31.2 Å². The molecule has 0 radical (unpaired) electrons. The van der Waals surface area contributed by atoms with Crippen LogP contribution >= 0.6 is 0 Å². The minimum atomic E-state index is -0.827. The van der Waals surface area contributed by atoms with Crippen LogP contribution in [0.2, 0.25) is 0 Å². The molecule has 1 fully saturated rings. The normalized spacial score (nSPS) is 25.5. The zero-order valence-electron chi connectivity index (χ0n) is 14.5. The van der Waals surface area contributed by atoms with Crippen molar-refractivity contribution < 1.29 is 13.6 Å². The average Bonchev–Trinajstić information content (AvgIpc) is 2.60. The Bertz CT molecular complexity index is 863. The number of benzene rings is 2. The summed E-state index contributed by atoms with van der Waals surface area (Å²) in [7, 11) is 1.91. The van der Waals surface area contributed by atoms with E-state index in [1.807, 2.05) is 18.0 Å². The monoisotopic (exact) mass is 341 g/mol. The quantitative estimate of drug-likeness (QED) is 0.750. The number of carbonyl (C=O) groups is 1. The van der Waals surface area contributed by atoms with Crippen molar-refractivity contribution in [2.45, 2.75) is 44.1 Å². The summed E-state index contributed by atoms with van der Waals surface area (Å²) in [6.45, 7) is 2.25. The fraction of sp³-hybridized carbons (Fsp3) is 0.381. The first kappa shape index (κ1) is 16.2. The highest BCUT2D eigenvalue weighted by Crippen LogP contribution is 2.46. The molecule has 1 amide bonds. The Morgan fingerprint density at radius 3 is 2.52 bits per heavy atom. The molecule has 2 aromatic rings. The number of nitrogens with zero attached hydrogens (tertiary/aromatic N) is 1. The van der Waals surface area contributed by atoms with Crippen LogP contribution in [0, 0.1) is 11.6 Å². The molecular weight excluding hydrogens is 320 g/mol. The first-order valence-corrected chi connectivity index (χ1v) is 8.74. The summed E-state index contributed by atoms with van der Waals surface area (Å²) in [6, 6.07) is 10.5. The van der Waals surface area contributed by atoms with E-state index in [4.69, 9.17) is 0 Å². The van der Waals surface area contributed by atoms with Gasteiger partial charge >= 0.3 is 0 Å². The number of halogens is 2. The van der Waals surface area contributed by atoms with Gasteiger partial charge in [0, 0.05) is 24.9 Å². The maximum absolute atomic E-state index is 13.6. The first-order valence-electron chi connectivity index (χ1n) is 8.74. The summed E-state index contributed by atoms with van der Waals surface area (Å²) >= 11 is 0. The second-order valence-corrected chi connectivity index (χ2v) is 7.48. The molecule has 0 saturated carbocycles. The molecule has 4 heteroatoms. The van der Waals surface area contributed by atoms with Crippen molar-refractivity contribution in [3.8, 4) is 11.1 Å². The lowest BCUT2D eigenvalue weighted by Gasteiger charge is -2.50. The summed E-state index contributed by atoms with van der Waals surface area (Å²) in [5.74, 6) is -1.43. The summed E-state index contributed by atoms with van der Waals surface area (Å²) < 4.78 is 26.7. The van der Waals surface area contributed by atoms with E-state index < -0.39 is 11.6 Å². The Balaban J connectivity index is 1.75. The lowest BCUT2D eigenvalue weighted by atomic mass is 9.63. The molecule has 2 nitrogen and oxygen atoms in total. The Labute approximate surface area is 146 Å². The zero-order valence-corrected chi connectivity index (χ0v) is 14.5. The molecule has 0 N–H and O–H groups in total. The van der Waals surface area contributed by atoms with Crippen molar-refractivity contribution in [1.29, 1.82) is 0 Å². The van der Waals surface area contributed by atoms with Crippen molar-refractivity contribution in [3.05, 3.63) is 59.2 Å². The van der Waals surface area contributed by atoms with E-state index in [2.05, 4.69) is 19.1 Å². The van der Waals surface area contributed by atoms with Crippen LogP contribution in [-0.4, -0.2) is 23.9 Å². The summed E-state index contributed by atoms with van der Waals surface area (Å²) in [4.78, 5) is 14.0. The van der Waals surface area contributed by atoms with Crippen LogP contribution < -0.4 is 0 Å². The van der Waals surface area contributed by atoms with Crippen molar-refractivity contribution in [3.63, 3.8) is 0 Å². The maximum atomic E-state index is 13.6. The zero-order chi connectivity index (χ0) is 17.8. The van der Waals surface area contributed by atoms with E-state index in [1.165, 1.54) is 23.3 Å². The van der Waals surface area contributed by atoms with Crippen LogP contribution in [0.3, 0.4) is 0 Å². The Morgan fingerprint density at radius 2 is 1.76 bits per heavy atom. The molecule has 1 heterocycles. The van der Waals surface area contributed by atoms with Gasteiger partial charge in [0.2, 0.25) is 5.91 Å². The third kappa shape index (κ3) is 2.46. The minimum Gasteiger partial charge on any atom is -0.342 e. The minimum absolute atomic E-state index is 0.0389. The van der Waals surface area contributed by atoms with Gasteiger partial charge in [-0.3, -0.25) is 4.79 Å². The molecule has 0 bridgehead atoms. The fourth-order valence-corrected chi connectivity index (χ4v) is 4.64. The number of rotatable bonds is 1. The number of piperidine rings is 1. The molecule has 130 valence electrons. The number of carbonyl (C=O) groups excluding carboxylic acids is 1. The standard InChI is InChI=1S/C21H21F2NO/c1-21-10-9-20(25)24(2)19(21)8-5-15-11-13(3-6-16(15)21)14-4-7-17(22)18(23)12-14/h3-4,6-7,11-12,19H,5,8-10H2,1-2H3/t19?,21-/m1/s1. The number of fused-ring (bicyclic) bond motifs is 3. The average molecular weight is 341 g/mol. The maximum Gasteiger partial charge on any atom is 0.222 e. The molecule has 4 rings (SSSR count). The molecule has 2 aromatic carbocycles. The highest BCUT2D eigenvalue weighted by Gasteiger charge is 2.46. The molecule has 1 saturated heterocycles. The predicted octanol–water partition coefficient (Wildman–Crippen LogP) is 4.46. The van der Waals surface area contributed by atoms with Crippen molar-refractivity contribution in [2.75, 3.05) is 7.05 Å². The summed E-state index contributed by atoms with van der Waals surface area (Å²) in [5.41, 5.74) is 4.09. The third-order valence-electron chi connectivity index (χ3n) is 6.12. The van der Waals surface area contributed by atoms with Crippen molar-refractivity contribution >= 4 is 5.91 Å². The topological polar surface area (TPSA) is 20.3 Å². The molecule has 2 aliphatic rings. The van der Waals surface area contributed by atoms with E-state index in [-0.39, 0.29) is 17.4 Å². The van der Waals surface area contributed by atoms with E-state index in [0.717, 1.165) is 24.8 Å². The van der Waals surface area contributed by atoms with E-state index in [0.29, 0.717) is 12.0 Å². The van der Waals surface area contributed by atoms with Crippen LogP contribution in [0.5, 0.6) is 0 Å². The summed E-state index contributed by atoms with van der Waals surface area (Å²) in [5, 5.41) is 0. The molecule has 1 aliphatic carbocycles. The fourth-order valence-electron chi connectivity index (χ4n) is 4.64. The summed E-state index contributed by atoms with van der Waals surface area (Å²) in [6.07, 6.45) is 3.27.